The fourth-order valence-corrected chi connectivity index (χ4v) is 3.72. The lowest BCUT2D eigenvalue weighted by Crippen LogP contribution is -2.37. The zero-order valence-corrected chi connectivity index (χ0v) is 16.3. The van der Waals surface area contributed by atoms with Gasteiger partial charge in [-0.3, -0.25) is 9.69 Å². The van der Waals surface area contributed by atoms with Crippen LogP contribution in [-0.4, -0.2) is 44.7 Å². The zero-order chi connectivity index (χ0) is 19.2. The van der Waals surface area contributed by atoms with Gasteiger partial charge in [0.05, 0.1) is 26.8 Å². The molecule has 0 aliphatic carbocycles. The summed E-state index contributed by atoms with van der Waals surface area (Å²) in [6, 6.07) is 16.0. The highest BCUT2D eigenvalue weighted by atomic mass is 16.5. The van der Waals surface area contributed by atoms with Crippen molar-refractivity contribution in [3.05, 3.63) is 59.7 Å². The van der Waals surface area contributed by atoms with E-state index in [1.807, 2.05) is 31.2 Å². The third kappa shape index (κ3) is 4.80. The van der Waals surface area contributed by atoms with Crippen LogP contribution in [0.3, 0.4) is 0 Å². The second kappa shape index (κ2) is 8.91. The minimum atomic E-state index is -0.157. The number of carbonyl (C=O) groups excluding carboxylic acids is 1. The fraction of sp³-hybridized carbons (Fsp3) is 0.409. The topological polar surface area (TPSA) is 50.8 Å². The average molecular weight is 368 g/mol. The Morgan fingerprint density at radius 1 is 1.19 bits per heavy atom. The molecule has 0 radical (unpaired) electrons. The van der Waals surface area contributed by atoms with Crippen molar-refractivity contribution in [1.29, 1.82) is 0 Å². The molecule has 5 nitrogen and oxygen atoms in total. The summed E-state index contributed by atoms with van der Waals surface area (Å²) in [5, 5.41) is 3.09. The van der Waals surface area contributed by atoms with E-state index >= 15 is 0 Å². The molecular formula is C22H28N2O3. The van der Waals surface area contributed by atoms with Gasteiger partial charge in [0.1, 0.15) is 11.5 Å². The molecule has 1 saturated heterocycles. The van der Waals surface area contributed by atoms with E-state index in [0.717, 1.165) is 36.6 Å². The lowest BCUT2D eigenvalue weighted by atomic mass is 9.99. The number of benzene rings is 2. The summed E-state index contributed by atoms with van der Waals surface area (Å²) < 4.78 is 10.7. The maximum atomic E-state index is 12.6. The number of hydrogen-bond acceptors (Lipinski definition) is 4. The van der Waals surface area contributed by atoms with Gasteiger partial charge in [-0.05, 0) is 49.6 Å². The first-order chi connectivity index (χ1) is 13.1. The SMILES string of the molecule is COc1ccc(OC)c([C@@H](C)NC(=O)CN2CC[C@H](c3ccccc3)C2)c1. The van der Waals surface area contributed by atoms with Crippen LogP contribution in [0.2, 0.25) is 0 Å². The normalized spacial score (nSPS) is 18.1. The van der Waals surface area contributed by atoms with Crippen LogP contribution in [0.15, 0.2) is 48.5 Å². The first-order valence-corrected chi connectivity index (χ1v) is 9.39. The molecule has 1 fully saturated rings. The predicted molar refractivity (Wildman–Crippen MR) is 106 cm³/mol. The van der Waals surface area contributed by atoms with E-state index in [0.29, 0.717) is 12.5 Å². The van der Waals surface area contributed by atoms with Crippen molar-refractivity contribution in [1.82, 2.24) is 10.2 Å². The Balaban J connectivity index is 1.57. The minimum Gasteiger partial charge on any atom is -0.497 e. The zero-order valence-electron chi connectivity index (χ0n) is 16.3. The van der Waals surface area contributed by atoms with Crippen LogP contribution in [0.1, 0.15) is 36.4 Å². The van der Waals surface area contributed by atoms with E-state index in [1.54, 1.807) is 14.2 Å². The molecular weight excluding hydrogens is 340 g/mol. The van der Waals surface area contributed by atoms with Crippen molar-refractivity contribution in [2.24, 2.45) is 0 Å². The van der Waals surface area contributed by atoms with Gasteiger partial charge in [-0.1, -0.05) is 30.3 Å². The maximum absolute atomic E-state index is 12.6. The number of nitrogens with zero attached hydrogens (tertiary/aromatic N) is 1. The Morgan fingerprint density at radius 2 is 1.96 bits per heavy atom. The van der Waals surface area contributed by atoms with Crippen LogP contribution < -0.4 is 14.8 Å². The van der Waals surface area contributed by atoms with Crippen molar-refractivity contribution in [3.63, 3.8) is 0 Å². The van der Waals surface area contributed by atoms with Crippen molar-refractivity contribution in [2.45, 2.75) is 25.3 Å². The lowest BCUT2D eigenvalue weighted by Gasteiger charge is -2.21. The number of ether oxygens (including phenoxy) is 2. The first-order valence-electron chi connectivity index (χ1n) is 9.39. The van der Waals surface area contributed by atoms with Gasteiger partial charge in [-0.2, -0.15) is 0 Å². The van der Waals surface area contributed by atoms with Crippen LogP contribution in [0.5, 0.6) is 11.5 Å². The number of carbonyl (C=O) groups is 1. The molecule has 0 unspecified atom stereocenters. The van der Waals surface area contributed by atoms with Crippen LogP contribution >= 0.6 is 0 Å². The molecule has 0 bridgehead atoms. The third-order valence-electron chi connectivity index (χ3n) is 5.19. The third-order valence-corrected chi connectivity index (χ3v) is 5.19. The summed E-state index contributed by atoms with van der Waals surface area (Å²) in [6.07, 6.45) is 1.09. The molecule has 144 valence electrons. The van der Waals surface area contributed by atoms with Gasteiger partial charge in [0.15, 0.2) is 0 Å². The summed E-state index contributed by atoms with van der Waals surface area (Å²) in [6.45, 7) is 4.25. The number of hydrogen-bond donors (Lipinski definition) is 1. The number of nitrogens with one attached hydrogen (secondary N) is 1. The van der Waals surface area contributed by atoms with E-state index in [9.17, 15) is 4.79 Å². The van der Waals surface area contributed by atoms with Gasteiger partial charge in [0.25, 0.3) is 0 Å². The van der Waals surface area contributed by atoms with Crippen molar-refractivity contribution >= 4 is 5.91 Å². The van der Waals surface area contributed by atoms with Crippen LogP contribution in [-0.2, 0) is 4.79 Å². The molecule has 1 N–H and O–H groups in total. The minimum absolute atomic E-state index is 0.0288. The Bertz CT molecular complexity index is 763. The van der Waals surface area contributed by atoms with Crippen molar-refractivity contribution in [2.75, 3.05) is 33.9 Å². The van der Waals surface area contributed by atoms with Gasteiger partial charge in [0.2, 0.25) is 5.91 Å². The fourth-order valence-electron chi connectivity index (χ4n) is 3.72. The Hall–Kier alpha value is -2.53. The standard InChI is InChI=1S/C22H28N2O3/c1-16(20-13-19(26-2)9-10-21(20)27-3)23-22(25)15-24-12-11-18(14-24)17-7-5-4-6-8-17/h4-10,13,16,18H,11-12,14-15H2,1-3H3,(H,23,25)/t16-,18+/m1/s1. The Kier molecular flexibility index (Phi) is 6.35. The molecule has 1 aliphatic heterocycles. The highest BCUT2D eigenvalue weighted by Gasteiger charge is 2.25. The van der Waals surface area contributed by atoms with Crippen LogP contribution in [0.25, 0.3) is 0 Å². The number of amides is 1. The Morgan fingerprint density at radius 3 is 2.67 bits per heavy atom. The molecule has 1 amide bonds. The van der Waals surface area contributed by atoms with Gasteiger partial charge in [0, 0.05) is 12.1 Å². The van der Waals surface area contributed by atoms with E-state index in [4.69, 9.17) is 9.47 Å². The first kappa shape index (κ1) is 19.2. The molecule has 0 spiro atoms. The molecule has 2 aromatic rings. The van der Waals surface area contributed by atoms with Gasteiger partial charge in [-0.15, -0.1) is 0 Å². The molecule has 2 aromatic carbocycles. The van der Waals surface area contributed by atoms with Gasteiger partial charge in [-0.25, -0.2) is 0 Å². The van der Waals surface area contributed by atoms with E-state index in [1.165, 1.54) is 5.56 Å². The maximum Gasteiger partial charge on any atom is 0.234 e. The molecule has 1 aliphatic rings. The van der Waals surface area contributed by atoms with Gasteiger partial charge < -0.3 is 14.8 Å². The largest absolute Gasteiger partial charge is 0.497 e. The Labute approximate surface area is 161 Å². The number of rotatable bonds is 7. The molecule has 27 heavy (non-hydrogen) atoms. The van der Waals surface area contributed by atoms with Crippen molar-refractivity contribution in [3.8, 4) is 11.5 Å². The highest BCUT2D eigenvalue weighted by Crippen LogP contribution is 2.30. The van der Waals surface area contributed by atoms with E-state index < -0.39 is 0 Å². The monoisotopic (exact) mass is 368 g/mol. The predicted octanol–water partition coefficient (Wildman–Crippen LogP) is 3.37. The van der Waals surface area contributed by atoms with Crippen LogP contribution in [0.4, 0.5) is 0 Å². The number of methoxy groups -OCH3 is 2. The van der Waals surface area contributed by atoms with Crippen LogP contribution in [0, 0.1) is 0 Å². The second-order valence-electron chi connectivity index (χ2n) is 7.03. The smallest absolute Gasteiger partial charge is 0.234 e. The summed E-state index contributed by atoms with van der Waals surface area (Å²) in [5.74, 6) is 2.03. The molecule has 5 heteroatoms. The lowest BCUT2D eigenvalue weighted by molar-refractivity contribution is -0.122. The highest BCUT2D eigenvalue weighted by molar-refractivity contribution is 5.78. The summed E-state index contributed by atoms with van der Waals surface area (Å²) >= 11 is 0. The molecule has 3 rings (SSSR count). The summed E-state index contributed by atoms with van der Waals surface area (Å²) in [7, 11) is 3.26. The van der Waals surface area contributed by atoms with E-state index in [2.05, 4.69) is 34.5 Å². The van der Waals surface area contributed by atoms with E-state index in [-0.39, 0.29) is 11.9 Å². The molecule has 0 aromatic heterocycles. The van der Waals surface area contributed by atoms with Crippen molar-refractivity contribution < 1.29 is 14.3 Å². The quantitative estimate of drug-likeness (QED) is 0.814. The average Bonchev–Trinajstić information content (AvgIpc) is 3.16. The molecule has 1 heterocycles. The number of likely N-dealkylation sites (tertiary alicyclic amines) is 1. The molecule has 0 saturated carbocycles. The second-order valence-corrected chi connectivity index (χ2v) is 7.03. The summed E-state index contributed by atoms with van der Waals surface area (Å²) in [4.78, 5) is 14.8. The summed E-state index contributed by atoms with van der Waals surface area (Å²) in [5.41, 5.74) is 2.27. The molecule has 2 atom stereocenters. The van der Waals surface area contributed by atoms with Gasteiger partial charge >= 0.3 is 0 Å².